The second kappa shape index (κ2) is 6.23. The summed E-state index contributed by atoms with van der Waals surface area (Å²) in [6.07, 6.45) is 3.41. The largest absolute Gasteiger partial charge is 0.459 e. The zero-order chi connectivity index (χ0) is 13.7. The van der Waals surface area contributed by atoms with Crippen molar-refractivity contribution in [3.63, 3.8) is 0 Å². The first-order valence-electron chi connectivity index (χ1n) is 6.54. The van der Waals surface area contributed by atoms with Gasteiger partial charge in [-0.25, -0.2) is 0 Å². The predicted molar refractivity (Wildman–Crippen MR) is 75.3 cm³/mol. The van der Waals surface area contributed by atoms with Gasteiger partial charge in [0.1, 0.15) is 0 Å². The fourth-order valence-electron chi connectivity index (χ4n) is 2.10. The van der Waals surface area contributed by atoms with Crippen LogP contribution in [0.5, 0.6) is 0 Å². The van der Waals surface area contributed by atoms with Crippen molar-refractivity contribution in [3.8, 4) is 0 Å². The van der Waals surface area contributed by atoms with Crippen molar-refractivity contribution < 1.29 is 9.21 Å². The summed E-state index contributed by atoms with van der Waals surface area (Å²) in [5.41, 5.74) is 3.95. The van der Waals surface area contributed by atoms with E-state index in [1.54, 1.807) is 12.1 Å². The fraction of sp³-hybridized carbons (Fsp3) is 0.312. The van der Waals surface area contributed by atoms with E-state index in [2.05, 4.69) is 37.4 Å². The van der Waals surface area contributed by atoms with Gasteiger partial charge >= 0.3 is 0 Å². The maximum Gasteiger partial charge on any atom is 0.286 e. The zero-order valence-corrected chi connectivity index (χ0v) is 11.4. The molecule has 1 aromatic carbocycles. The maximum atomic E-state index is 11.6. The molecule has 0 saturated heterocycles. The Bertz CT molecular complexity index is 544. The molecule has 0 bridgehead atoms. The van der Waals surface area contributed by atoms with Crippen LogP contribution in [-0.2, 0) is 6.42 Å². The molecule has 0 aliphatic carbocycles. The third kappa shape index (κ3) is 3.71. The Balaban J connectivity index is 1.76. The van der Waals surface area contributed by atoms with Gasteiger partial charge in [-0.15, -0.1) is 0 Å². The van der Waals surface area contributed by atoms with Crippen molar-refractivity contribution in [2.75, 3.05) is 6.54 Å². The molecular weight excluding hydrogens is 238 g/mol. The van der Waals surface area contributed by atoms with E-state index in [-0.39, 0.29) is 5.91 Å². The van der Waals surface area contributed by atoms with Crippen molar-refractivity contribution in [2.24, 2.45) is 0 Å². The van der Waals surface area contributed by atoms with E-state index >= 15 is 0 Å². The van der Waals surface area contributed by atoms with E-state index in [4.69, 9.17) is 4.42 Å². The maximum absolute atomic E-state index is 11.6. The van der Waals surface area contributed by atoms with Gasteiger partial charge in [0.2, 0.25) is 0 Å². The number of aryl methyl sites for hydroxylation is 3. The Morgan fingerprint density at radius 2 is 2.11 bits per heavy atom. The molecule has 0 radical (unpaired) electrons. The molecule has 0 fully saturated rings. The number of carbonyl (C=O) groups excluding carboxylic acids is 1. The van der Waals surface area contributed by atoms with Gasteiger partial charge in [0.25, 0.3) is 5.91 Å². The highest BCUT2D eigenvalue weighted by molar-refractivity contribution is 5.91. The van der Waals surface area contributed by atoms with Gasteiger partial charge < -0.3 is 9.73 Å². The third-order valence-electron chi connectivity index (χ3n) is 3.15. The van der Waals surface area contributed by atoms with Gasteiger partial charge in [-0.1, -0.05) is 23.8 Å². The van der Waals surface area contributed by atoms with Crippen LogP contribution in [0.25, 0.3) is 0 Å². The molecule has 1 N–H and O–H groups in total. The van der Waals surface area contributed by atoms with E-state index in [0.29, 0.717) is 12.3 Å². The number of rotatable bonds is 5. The summed E-state index contributed by atoms with van der Waals surface area (Å²) in [7, 11) is 0. The van der Waals surface area contributed by atoms with Gasteiger partial charge in [0.05, 0.1) is 6.26 Å². The first-order valence-corrected chi connectivity index (χ1v) is 6.54. The monoisotopic (exact) mass is 257 g/mol. The predicted octanol–water partition coefficient (Wildman–Crippen LogP) is 3.26. The zero-order valence-electron chi connectivity index (χ0n) is 11.4. The number of carbonyl (C=O) groups is 1. The Morgan fingerprint density at radius 3 is 2.79 bits per heavy atom. The molecule has 1 amide bonds. The smallest absolute Gasteiger partial charge is 0.286 e. The molecule has 3 heteroatoms. The van der Waals surface area contributed by atoms with Crippen molar-refractivity contribution in [2.45, 2.75) is 26.7 Å². The minimum absolute atomic E-state index is 0.148. The van der Waals surface area contributed by atoms with E-state index in [1.807, 2.05) is 0 Å². The van der Waals surface area contributed by atoms with Gasteiger partial charge in [-0.2, -0.15) is 0 Å². The van der Waals surface area contributed by atoms with Crippen LogP contribution in [0.4, 0.5) is 0 Å². The molecular formula is C16H19NO2. The van der Waals surface area contributed by atoms with Gasteiger partial charge in [0, 0.05) is 6.54 Å². The highest BCUT2D eigenvalue weighted by atomic mass is 16.3. The van der Waals surface area contributed by atoms with Gasteiger partial charge in [-0.3, -0.25) is 4.79 Å². The Morgan fingerprint density at radius 1 is 1.26 bits per heavy atom. The van der Waals surface area contributed by atoms with Crippen LogP contribution in [0, 0.1) is 13.8 Å². The summed E-state index contributed by atoms with van der Waals surface area (Å²) < 4.78 is 5.03. The minimum atomic E-state index is -0.148. The summed E-state index contributed by atoms with van der Waals surface area (Å²) in [5.74, 6) is 0.220. The lowest BCUT2D eigenvalue weighted by atomic mass is 10.0. The lowest BCUT2D eigenvalue weighted by Crippen LogP contribution is -2.24. The molecule has 0 spiro atoms. The Kier molecular flexibility index (Phi) is 4.39. The van der Waals surface area contributed by atoms with Gasteiger partial charge in [0.15, 0.2) is 5.76 Å². The SMILES string of the molecule is Cc1ccc(CCCNC(=O)c2ccco2)c(C)c1. The van der Waals surface area contributed by atoms with Crippen molar-refractivity contribution in [1.82, 2.24) is 5.32 Å². The van der Waals surface area contributed by atoms with Crippen LogP contribution in [0.1, 0.15) is 33.7 Å². The quantitative estimate of drug-likeness (QED) is 0.835. The average molecular weight is 257 g/mol. The highest BCUT2D eigenvalue weighted by Gasteiger charge is 2.06. The van der Waals surface area contributed by atoms with Crippen LogP contribution >= 0.6 is 0 Å². The van der Waals surface area contributed by atoms with Crippen LogP contribution in [0.15, 0.2) is 41.0 Å². The summed E-state index contributed by atoms with van der Waals surface area (Å²) >= 11 is 0. The van der Waals surface area contributed by atoms with Crippen LogP contribution in [0.2, 0.25) is 0 Å². The van der Waals surface area contributed by atoms with Crippen LogP contribution < -0.4 is 5.32 Å². The third-order valence-corrected chi connectivity index (χ3v) is 3.15. The number of benzene rings is 1. The molecule has 1 aromatic heterocycles. The van der Waals surface area contributed by atoms with Crippen molar-refractivity contribution in [1.29, 1.82) is 0 Å². The highest BCUT2D eigenvalue weighted by Crippen LogP contribution is 2.12. The summed E-state index contributed by atoms with van der Waals surface area (Å²) in [6, 6.07) is 9.86. The molecule has 0 aliphatic rings. The number of furan rings is 1. The molecule has 19 heavy (non-hydrogen) atoms. The number of amides is 1. The molecule has 2 aromatic rings. The van der Waals surface area contributed by atoms with Crippen molar-refractivity contribution >= 4 is 5.91 Å². The van der Waals surface area contributed by atoms with E-state index in [0.717, 1.165) is 12.8 Å². The molecule has 0 unspecified atom stereocenters. The normalized spacial score (nSPS) is 10.4. The van der Waals surface area contributed by atoms with Gasteiger partial charge in [-0.05, 0) is 49.9 Å². The lowest BCUT2D eigenvalue weighted by molar-refractivity contribution is 0.0925. The molecule has 0 aliphatic heterocycles. The number of nitrogens with one attached hydrogen (secondary N) is 1. The van der Waals surface area contributed by atoms with Crippen molar-refractivity contribution in [3.05, 3.63) is 59.0 Å². The molecule has 0 saturated carbocycles. The lowest BCUT2D eigenvalue weighted by Gasteiger charge is -2.07. The first kappa shape index (κ1) is 13.4. The standard InChI is InChI=1S/C16H19NO2/c1-12-7-8-14(13(2)11-12)5-3-9-17-16(18)15-6-4-10-19-15/h4,6-8,10-11H,3,5,9H2,1-2H3,(H,17,18). The molecule has 3 nitrogen and oxygen atoms in total. The fourth-order valence-corrected chi connectivity index (χ4v) is 2.10. The number of hydrogen-bond acceptors (Lipinski definition) is 2. The molecule has 0 atom stereocenters. The number of hydrogen-bond donors (Lipinski definition) is 1. The molecule has 2 rings (SSSR count). The first-order chi connectivity index (χ1) is 9.16. The second-order valence-corrected chi connectivity index (χ2v) is 4.77. The second-order valence-electron chi connectivity index (χ2n) is 4.77. The van der Waals surface area contributed by atoms with E-state index < -0.39 is 0 Å². The summed E-state index contributed by atoms with van der Waals surface area (Å²) in [6.45, 7) is 4.89. The Hall–Kier alpha value is -2.03. The van der Waals surface area contributed by atoms with E-state index in [1.165, 1.54) is 23.0 Å². The summed E-state index contributed by atoms with van der Waals surface area (Å²) in [5, 5.41) is 2.85. The van der Waals surface area contributed by atoms with Crippen LogP contribution in [0.3, 0.4) is 0 Å². The average Bonchev–Trinajstić information content (AvgIpc) is 2.90. The summed E-state index contributed by atoms with van der Waals surface area (Å²) in [4.78, 5) is 11.6. The molecule has 1 heterocycles. The minimum Gasteiger partial charge on any atom is -0.459 e. The Labute approximate surface area is 113 Å². The van der Waals surface area contributed by atoms with Crippen LogP contribution in [-0.4, -0.2) is 12.5 Å². The topological polar surface area (TPSA) is 42.2 Å². The van der Waals surface area contributed by atoms with E-state index in [9.17, 15) is 4.79 Å². The molecule has 100 valence electrons.